The Labute approximate surface area is 101 Å². The van der Waals surface area contributed by atoms with E-state index in [0.29, 0.717) is 11.8 Å². The summed E-state index contributed by atoms with van der Waals surface area (Å²) in [7, 11) is -1.78. The third-order valence-electron chi connectivity index (χ3n) is 1.82. The van der Waals surface area contributed by atoms with Gasteiger partial charge in [0.05, 0.1) is 0 Å². The largest absolute Gasteiger partial charge is 0.504 e. The van der Waals surface area contributed by atoms with Crippen LogP contribution in [0.4, 0.5) is 4.79 Å². The quantitative estimate of drug-likeness (QED) is 0.693. The molecule has 96 valence electrons. The minimum absolute atomic E-state index is 0.137. The molecule has 0 saturated heterocycles. The van der Waals surface area contributed by atoms with Gasteiger partial charge in [-0.15, -0.1) is 0 Å². The van der Waals surface area contributed by atoms with Crippen molar-refractivity contribution < 1.29 is 9.22 Å². The Hall–Kier alpha value is -0.513. The van der Waals surface area contributed by atoms with E-state index < -0.39 is 8.32 Å². The lowest BCUT2D eigenvalue weighted by molar-refractivity contribution is 0.138. The number of carbonyl (C=O) groups excluding carboxylic acids is 1. The Balaban J connectivity index is 4.44. The monoisotopic (exact) mass is 245 g/mol. The zero-order chi connectivity index (χ0) is 12.9. The van der Waals surface area contributed by atoms with E-state index in [0.717, 1.165) is 13.1 Å². The molecule has 0 aliphatic rings. The molecule has 0 bridgehead atoms. The Morgan fingerprint density at radius 3 is 1.69 bits per heavy atom. The molecule has 0 atom stereocenters. The van der Waals surface area contributed by atoms with Crippen LogP contribution in [-0.2, 0) is 4.43 Å². The Bertz CT molecular complexity index is 212. The number of carbonyl (C=O) groups is 1. The van der Waals surface area contributed by atoms with Crippen LogP contribution >= 0.6 is 0 Å². The van der Waals surface area contributed by atoms with Gasteiger partial charge in [0.2, 0.25) is 8.32 Å². The van der Waals surface area contributed by atoms with Crippen LogP contribution in [0.5, 0.6) is 0 Å². The predicted molar refractivity (Wildman–Crippen MR) is 71.1 cm³/mol. The second-order valence-corrected chi connectivity index (χ2v) is 10.6. The first-order chi connectivity index (χ1) is 7.11. The first-order valence-corrected chi connectivity index (χ1v) is 9.50. The normalized spacial score (nSPS) is 12.1. The average Bonchev–Trinajstić information content (AvgIpc) is 1.97. The number of hydrogen-bond donors (Lipinski definition) is 0. The van der Waals surface area contributed by atoms with Crippen molar-refractivity contribution in [3.8, 4) is 0 Å². The summed E-state index contributed by atoms with van der Waals surface area (Å²) in [6.07, 6.45) is -0.137. The fourth-order valence-corrected chi connectivity index (χ4v) is 2.08. The van der Waals surface area contributed by atoms with Crippen LogP contribution in [-0.4, -0.2) is 32.4 Å². The van der Waals surface area contributed by atoms with Crippen molar-refractivity contribution in [2.45, 2.75) is 47.3 Å². The molecule has 0 radical (unpaired) electrons. The number of amides is 1. The minimum atomic E-state index is -1.78. The molecule has 0 aliphatic carbocycles. The molecule has 0 spiro atoms. The van der Waals surface area contributed by atoms with E-state index in [-0.39, 0.29) is 6.09 Å². The molecule has 4 heteroatoms. The number of rotatable bonds is 5. The van der Waals surface area contributed by atoms with Gasteiger partial charge < -0.3 is 9.33 Å². The standard InChI is InChI=1S/C12H27NO2Si/c1-10(2)8-13(9-11(3)4)12(14)15-16(5,6)7/h10-11H,8-9H2,1-7H3. The fraction of sp³-hybridized carbons (Fsp3) is 0.917. The van der Waals surface area contributed by atoms with Crippen molar-refractivity contribution in [2.75, 3.05) is 13.1 Å². The third kappa shape index (κ3) is 7.74. The molecule has 0 aromatic rings. The number of nitrogens with zero attached hydrogens (tertiary/aromatic N) is 1. The van der Waals surface area contributed by atoms with Gasteiger partial charge in [0.15, 0.2) is 0 Å². The summed E-state index contributed by atoms with van der Waals surface area (Å²) in [5.74, 6) is 0.959. The molecule has 0 aromatic carbocycles. The van der Waals surface area contributed by atoms with Crippen LogP contribution < -0.4 is 0 Å². The molecule has 0 fully saturated rings. The molecule has 0 N–H and O–H groups in total. The molecule has 0 aromatic heterocycles. The van der Waals surface area contributed by atoms with Crippen LogP contribution in [0.15, 0.2) is 0 Å². The molecule has 16 heavy (non-hydrogen) atoms. The van der Waals surface area contributed by atoms with E-state index in [9.17, 15) is 4.79 Å². The lowest BCUT2D eigenvalue weighted by Crippen LogP contribution is -2.42. The Morgan fingerprint density at radius 1 is 1.06 bits per heavy atom. The molecule has 0 saturated carbocycles. The second kappa shape index (κ2) is 6.28. The van der Waals surface area contributed by atoms with Gasteiger partial charge in [-0.2, -0.15) is 0 Å². The highest BCUT2D eigenvalue weighted by molar-refractivity contribution is 6.71. The first kappa shape index (κ1) is 15.5. The highest BCUT2D eigenvalue weighted by Crippen LogP contribution is 2.10. The fourth-order valence-electron chi connectivity index (χ4n) is 1.43. The van der Waals surface area contributed by atoms with Crippen molar-refractivity contribution in [1.29, 1.82) is 0 Å². The SMILES string of the molecule is CC(C)CN(CC(C)C)C(=O)O[Si](C)(C)C. The Kier molecular flexibility index (Phi) is 6.08. The van der Waals surface area contributed by atoms with E-state index >= 15 is 0 Å². The summed E-state index contributed by atoms with van der Waals surface area (Å²) in [6.45, 7) is 16.1. The van der Waals surface area contributed by atoms with E-state index in [1.807, 2.05) is 24.5 Å². The van der Waals surface area contributed by atoms with E-state index in [4.69, 9.17) is 4.43 Å². The third-order valence-corrected chi connectivity index (χ3v) is 2.61. The summed E-state index contributed by atoms with van der Waals surface area (Å²) in [5.41, 5.74) is 0. The summed E-state index contributed by atoms with van der Waals surface area (Å²) in [6, 6.07) is 0. The molecular formula is C12H27NO2Si. The van der Waals surface area contributed by atoms with Gasteiger partial charge in [0.25, 0.3) is 0 Å². The highest BCUT2D eigenvalue weighted by atomic mass is 28.4. The van der Waals surface area contributed by atoms with Crippen molar-refractivity contribution >= 4 is 14.4 Å². The summed E-state index contributed by atoms with van der Waals surface area (Å²) in [4.78, 5) is 13.8. The van der Waals surface area contributed by atoms with Crippen molar-refractivity contribution in [1.82, 2.24) is 4.90 Å². The van der Waals surface area contributed by atoms with Gasteiger partial charge in [-0.3, -0.25) is 0 Å². The maximum atomic E-state index is 12.0. The van der Waals surface area contributed by atoms with Crippen LogP contribution in [0.3, 0.4) is 0 Å². The molecule has 0 aliphatic heterocycles. The molecule has 0 heterocycles. The minimum Gasteiger partial charge on any atom is -0.504 e. The summed E-state index contributed by atoms with van der Waals surface area (Å²) < 4.78 is 5.53. The van der Waals surface area contributed by atoms with Crippen LogP contribution in [0.2, 0.25) is 19.6 Å². The topological polar surface area (TPSA) is 29.5 Å². The zero-order valence-corrected chi connectivity index (χ0v) is 12.8. The van der Waals surface area contributed by atoms with Crippen molar-refractivity contribution in [3.63, 3.8) is 0 Å². The second-order valence-electron chi connectivity index (χ2n) is 6.17. The molecule has 0 rings (SSSR count). The molecular weight excluding hydrogens is 218 g/mol. The number of hydrogen-bond acceptors (Lipinski definition) is 2. The van der Waals surface area contributed by atoms with E-state index in [1.54, 1.807) is 0 Å². The van der Waals surface area contributed by atoms with Crippen LogP contribution in [0.1, 0.15) is 27.7 Å². The van der Waals surface area contributed by atoms with Crippen LogP contribution in [0.25, 0.3) is 0 Å². The lowest BCUT2D eigenvalue weighted by atomic mass is 10.1. The first-order valence-electron chi connectivity index (χ1n) is 6.09. The van der Waals surface area contributed by atoms with Gasteiger partial charge in [-0.05, 0) is 31.5 Å². The van der Waals surface area contributed by atoms with Gasteiger partial charge in [-0.25, -0.2) is 4.79 Å². The Morgan fingerprint density at radius 2 is 1.44 bits per heavy atom. The van der Waals surface area contributed by atoms with Gasteiger partial charge in [0.1, 0.15) is 0 Å². The van der Waals surface area contributed by atoms with Crippen LogP contribution in [0, 0.1) is 11.8 Å². The lowest BCUT2D eigenvalue weighted by Gasteiger charge is -2.29. The predicted octanol–water partition coefficient (Wildman–Crippen LogP) is 3.57. The highest BCUT2D eigenvalue weighted by Gasteiger charge is 2.24. The summed E-state index contributed by atoms with van der Waals surface area (Å²) >= 11 is 0. The molecule has 3 nitrogen and oxygen atoms in total. The van der Waals surface area contributed by atoms with E-state index in [2.05, 4.69) is 27.7 Å². The zero-order valence-electron chi connectivity index (χ0n) is 11.8. The summed E-state index contributed by atoms with van der Waals surface area (Å²) in [5, 5.41) is 0. The average molecular weight is 245 g/mol. The maximum Gasteiger partial charge on any atom is 0.396 e. The van der Waals surface area contributed by atoms with Gasteiger partial charge in [0, 0.05) is 13.1 Å². The maximum absolute atomic E-state index is 12.0. The smallest absolute Gasteiger partial charge is 0.396 e. The molecule has 1 amide bonds. The van der Waals surface area contributed by atoms with Gasteiger partial charge >= 0.3 is 6.09 Å². The molecule has 0 unspecified atom stereocenters. The van der Waals surface area contributed by atoms with Gasteiger partial charge in [-0.1, -0.05) is 27.7 Å². The van der Waals surface area contributed by atoms with E-state index in [1.165, 1.54) is 0 Å². The van der Waals surface area contributed by atoms with Crippen molar-refractivity contribution in [3.05, 3.63) is 0 Å². The van der Waals surface area contributed by atoms with Crippen molar-refractivity contribution in [2.24, 2.45) is 11.8 Å².